The van der Waals surface area contributed by atoms with E-state index >= 15 is 0 Å². The van der Waals surface area contributed by atoms with Crippen molar-refractivity contribution in [1.29, 1.82) is 0 Å². The predicted octanol–water partition coefficient (Wildman–Crippen LogP) is 2.73. The lowest BCUT2D eigenvalue weighted by atomic mass is 10.2. The number of rotatable bonds is 2. The van der Waals surface area contributed by atoms with Gasteiger partial charge in [-0.05, 0) is 25.0 Å². The Morgan fingerprint density at radius 3 is 2.23 bits per heavy atom. The number of aryl methyl sites for hydroxylation is 1. The largest absolute Gasteiger partial charge is 0.346 e. The summed E-state index contributed by atoms with van der Waals surface area (Å²) >= 11 is 0. The van der Waals surface area contributed by atoms with Gasteiger partial charge in [0.2, 0.25) is 0 Å². The van der Waals surface area contributed by atoms with Crippen LogP contribution in [-0.2, 0) is 13.5 Å². The van der Waals surface area contributed by atoms with Crippen LogP contribution < -0.4 is 0 Å². The zero-order chi connectivity index (χ0) is 10.4. The van der Waals surface area contributed by atoms with E-state index < -0.39 is 0 Å². The van der Waals surface area contributed by atoms with Crippen molar-refractivity contribution in [3.63, 3.8) is 0 Å². The van der Waals surface area contributed by atoms with Gasteiger partial charge < -0.3 is 4.57 Å². The van der Waals surface area contributed by atoms with Crippen molar-refractivity contribution in [2.75, 3.05) is 0 Å². The molecule has 1 rings (SSSR count). The molecule has 0 amide bonds. The van der Waals surface area contributed by atoms with E-state index in [1.54, 1.807) is 0 Å². The molecule has 1 heterocycles. The Morgan fingerprint density at radius 1 is 1.46 bits per heavy atom. The van der Waals surface area contributed by atoms with Gasteiger partial charge in [-0.15, -0.1) is 0 Å². The minimum atomic E-state index is 0.763. The van der Waals surface area contributed by atoms with Crippen LogP contribution in [0.15, 0.2) is 6.07 Å². The van der Waals surface area contributed by atoms with E-state index in [4.69, 9.17) is 0 Å². The summed E-state index contributed by atoms with van der Waals surface area (Å²) in [7, 11) is 1.91. The van der Waals surface area contributed by atoms with Gasteiger partial charge in [0.05, 0.1) is 5.69 Å². The lowest BCUT2D eigenvalue weighted by Crippen LogP contribution is -1.96. The quantitative estimate of drug-likeness (QED) is 0.643. The summed E-state index contributed by atoms with van der Waals surface area (Å²) in [6.07, 6.45) is 1.89. The first-order valence-electron chi connectivity index (χ1n) is 4.81. The smallest absolute Gasteiger partial charge is 0.166 e. The van der Waals surface area contributed by atoms with Crippen LogP contribution in [0.2, 0.25) is 0 Å². The van der Waals surface area contributed by atoms with E-state index in [-0.39, 0.29) is 0 Å². The molecule has 0 aliphatic heterocycles. The number of hydrogen-bond acceptors (Lipinski definition) is 1. The molecule has 0 spiro atoms. The molecule has 2 heteroatoms. The van der Waals surface area contributed by atoms with Gasteiger partial charge in [-0.2, -0.15) is 0 Å². The van der Waals surface area contributed by atoms with E-state index in [9.17, 15) is 4.79 Å². The number of aromatic nitrogens is 1. The van der Waals surface area contributed by atoms with Crippen molar-refractivity contribution >= 4 is 6.29 Å². The third-order valence-corrected chi connectivity index (χ3v) is 2.18. The molecule has 0 saturated heterocycles. The molecule has 0 aliphatic carbocycles. The third kappa shape index (κ3) is 2.44. The highest BCUT2D eigenvalue weighted by molar-refractivity contribution is 5.73. The van der Waals surface area contributed by atoms with Crippen molar-refractivity contribution in [1.82, 2.24) is 4.57 Å². The molecule has 0 N–H and O–H groups in total. The van der Waals surface area contributed by atoms with Gasteiger partial charge in [0, 0.05) is 12.7 Å². The van der Waals surface area contributed by atoms with E-state index in [1.165, 1.54) is 11.3 Å². The SMILES string of the molecule is CC.CCc1cc(C=O)n(C)c1C. The van der Waals surface area contributed by atoms with Gasteiger partial charge in [-0.3, -0.25) is 4.79 Å². The van der Waals surface area contributed by atoms with Crippen LogP contribution in [0.4, 0.5) is 0 Å². The molecule has 0 radical (unpaired) electrons. The van der Waals surface area contributed by atoms with Gasteiger partial charge in [-0.25, -0.2) is 0 Å². The molecule has 1 aromatic heterocycles. The van der Waals surface area contributed by atoms with Crippen molar-refractivity contribution in [2.24, 2.45) is 7.05 Å². The molecular formula is C11H19NO. The summed E-state index contributed by atoms with van der Waals surface area (Å²) < 4.78 is 1.92. The maximum atomic E-state index is 10.5. The Labute approximate surface area is 80.6 Å². The fourth-order valence-corrected chi connectivity index (χ4v) is 1.26. The molecule has 0 unspecified atom stereocenters. The Kier molecular flexibility index (Phi) is 5.12. The molecule has 13 heavy (non-hydrogen) atoms. The first kappa shape index (κ1) is 11.9. The van der Waals surface area contributed by atoms with Crippen LogP contribution in [0.3, 0.4) is 0 Å². The molecule has 2 nitrogen and oxygen atoms in total. The zero-order valence-corrected chi connectivity index (χ0v) is 9.22. The van der Waals surface area contributed by atoms with Gasteiger partial charge >= 0.3 is 0 Å². The van der Waals surface area contributed by atoms with Gasteiger partial charge in [0.1, 0.15) is 0 Å². The number of nitrogens with zero attached hydrogens (tertiary/aromatic N) is 1. The maximum absolute atomic E-state index is 10.5. The number of carbonyl (C=O) groups excluding carboxylic acids is 1. The second-order valence-corrected chi connectivity index (χ2v) is 2.71. The Morgan fingerprint density at radius 2 is 2.00 bits per heavy atom. The molecule has 74 valence electrons. The van der Waals surface area contributed by atoms with Crippen LogP contribution in [0.1, 0.15) is 42.5 Å². The third-order valence-electron chi connectivity index (χ3n) is 2.18. The average Bonchev–Trinajstić information content (AvgIpc) is 2.47. The van der Waals surface area contributed by atoms with E-state index in [0.29, 0.717) is 0 Å². The Bertz CT molecular complexity index is 274. The highest BCUT2D eigenvalue weighted by atomic mass is 16.1. The normalized spacial score (nSPS) is 9.00. The molecule has 0 saturated carbocycles. The lowest BCUT2D eigenvalue weighted by Gasteiger charge is -1.98. The topological polar surface area (TPSA) is 22.0 Å². The summed E-state index contributed by atoms with van der Waals surface area (Å²) in [5, 5.41) is 0. The molecule has 0 aromatic carbocycles. The fraction of sp³-hybridized carbons (Fsp3) is 0.545. The molecular weight excluding hydrogens is 162 g/mol. The molecule has 0 atom stereocenters. The summed E-state index contributed by atoms with van der Waals surface area (Å²) in [6.45, 7) is 8.13. The van der Waals surface area contributed by atoms with Crippen LogP contribution in [0, 0.1) is 6.92 Å². The summed E-state index contributed by atoms with van der Waals surface area (Å²) in [5.41, 5.74) is 3.21. The summed E-state index contributed by atoms with van der Waals surface area (Å²) in [6, 6.07) is 1.95. The van der Waals surface area contributed by atoms with Crippen LogP contribution >= 0.6 is 0 Å². The Hall–Kier alpha value is -1.05. The first-order valence-corrected chi connectivity index (χ1v) is 4.81. The van der Waals surface area contributed by atoms with Crippen LogP contribution in [0.5, 0.6) is 0 Å². The van der Waals surface area contributed by atoms with Crippen molar-refractivity contribution < 1.29 is 4.79 Å². The summed E-state index contributed by atoms with van der Waals surface area (Å²) in [5.74, 6) is 0. The molecule has 1 aromatic rings. The zero-order valence-electron chi connectivity index (χ0n) is 9.22. The number of aldehydes is 1. The fourth-order valence-electron chi connectivity index (χ4n) is 1.26. The minimum absolute atomic E-state index is 0.763. The highest BCUT2D eigenvalue weighted by Gasteiger charge is 2.05. The van der Waals surface area contributed by atoms with Crippen LogP contribution in [-0.4, -0.2) is 10.9 Å². The van der Waals surface area contributed by atoms with E-state index in [1.807, 2.05) is 38.5 Å². The van der Waals surface area contributed by atoms with Gasteiger partial charge in [0.15, 0.2) is 6.29 Å². The second-order valence-electron chi connectivity index (χ2n) is 2.71. The van der Waals surface area contributed by atoms with Gasteiger partial charge in [-0.1, -0.05) is 20.8 Å². The van der Waals surface area contributed by atoms with Crippen molar-refractivity contribution in [2.45, 2.75) is 34.1 Å². The van der Waals surface area contributed by atoms with Crippen molar-refractivity contribution in [3.05, 3.63) is 23.0 Å². The van der Waals surface area contributed by atoms with E-state index in [0.717, 1.165) is 18.4 Å². The van der Waals surface area contributed by atoms with Crippen LogP contribution in [0.25, 0.3) is 0 Å². The summed E-state index contributed by atoms with van der Waals surface area (Å²) in [4.78, 5) is 10.5. The highest BCUT2D eigenvalue weighted by Crippen LogP contribution is 2.12. The number of carbonyl (C=O) groups is 1. The molecule has 0 bridgehead atoms. The molecule has 0 fully saturated rings. The van der Waals surface area contributed by atoms with Crippen molar-refractivity contribution in [3.8, 4) is 0 Å². The van der Waals surface area contributed by atoms with Gasteiger partial charge in [0.25, 0.3) is 0 Å². The Balaban J connectivity index is 0.000000671. The number of hydrogen-bond donors (Lipinski definition) is 0. The lowest BCUT2D eigenvalue weighted by molar-refractivity contribution is 0.111. The molecule has 0 aliphatic rings. The standard InChI is InChI=1S/C9H13NO.C2H6/c1-4-8-5-9(6-11)10(3)7(8)2;1-2/h5-6H,4H2,1-3H3;1-2H3. The minimum Gasteiger partial charge on any atom is -0.346 e. The maximum Gasteiger partial charge on any atom is 0.166 e. The second kappa shape index (κ2) is 5.57. The predicted molar refractivity (Wildman–Crippen MR) is 56.3 cm³/mol. The monoisotopic (exact) mass is 181 g/mol. The van der Waals surface area contributed by atoms with E-state index in [2.05, 4.69) is 6.92 Å². The first-order chi connectivity index (χ1) is 6.20. The average molecular weight is 181 g/mol.